The Kier molecular flexibility index (Phi) is 3.08. The van der Waals surface area contributed by atoms with Crippen LogP contribution in [0.2, 0.25) is 0 Å². The lowest BCUT2D eigenvalue weighted by Crippen LogP contribution is -2.00. The number of aliphatic hydroxyl groups excluding tert-OH is 1. The van der Waals surface area contributed by atoms with Gasteiger partial charge in [0.15, 0.2) is 5.82 Å². The maximum absolute atomic E-state index is 9.50. The molecule has 2 heterocycles. The Morgan fingerprint density at radius 1 is 1.71 bits per heavy atom. The first-order chi connectivity index (χ1) is 6.81. The average Bonchev–Trinajstić information content (AvgIpc) is 2.86. The molecular formula is C9H14N2O2S. The van der Waals surface area contributed by atoms with Crippen molar-refractivity contribution in [3.63, 3.8) is 0 Å². The summed E-state index contributed by atoms with van der Waals surface area (Å²) in [6.45, 7) is 1.89. The van der Waals surface area contributed by atoms with E-state index in [0.717, 1.165) is 12.2 Å². The highest BCUT2D eigenvalue weighted by Gasteiger charge is 2.24. The molecule has 1 fully saturated rings. The molecule has 0 bridgehead atoms. The van der Waals surface area contributed by atoms with E-state index in [0.29, 0.717) is 24.1 Å². The number of rotatable bonds is 3. The van der Waals surface area contributed by atoms with E-state index >= 15 is 0 Å². The molecule has 5 heteroatoms. The number of aliphatic hydroxyl groups is 1. The summed E-state index contributed by atoms with van der Waals surface area (Å²) in [6.07, 6.45) is 1.15. The van der Waals surface area contributed by atoms with Crippen LogP contribution in [0.1, 0.15) is 43.5 Å². The van der Waals surface area contributed by atoms with E-state index in [1.807, 2.05) is 18.7 Å². The Balaban J connectivity index is 2.08. The summed E-state index contributed by atoms with van der Waals surface area (Å²) in [5.74, 6) is 3.74. The second-order valence-electron chi connectivity index (χ2n) is 3.48. The maximum Gasteiger partial charge on any atom is 0.230 e. The van der Waals surface area contributed by atoms with Gasteiger partial charge in [-0.05, 0) is 18.6 Å². The summed E-state index contributed by atoms with van der Waals surface area (Å²) in [5.41, 5.74) is 0. The van der Waals surface area contributed by atoms with Gasteiger partial charge in [-0.2, -0.15) is 16.7 Å². The monoisotopic (exact) mass is 214 g/mol. The molecule has 2 atom stereocenters. The first-order valence-corrected chi connectivity index (χ1v) is 6.06. The van der Waals surface area contributed by atoms with Gasteiger partial charge >= 0.3 is 0 Å². The van der Waals surface area contributed by atoms with Crippen molar-refractivity contribution in [1.29, 1.82) is 0 Å². The van der Waals surface area contributed by atoms with Gasteiger partial charge in [0.1, 0.15) is 6.10 Å². The fourth-order valence-corrected chi connectivity index (χ4v) is 2.67. The number of aromatic nitrogens is 2. The third-order valence-corrected chi connectivity index (χ3v) is 3.58. The third kappa shape index (κ3) is 1.93. The highest BCUT2D eigenvalue weighted by Crippen LogP contribution is 2.31. The van der Waals surface area contributed by atoms with Gasteiger partial charge in [0, 0.05) is 11.7 Å². The molecule has 1 aliphatic heterocycles. The maximum atomic E-state index is 9.50. The number of thioether (sulfide) groups is 1. The van der Waals surface area contributed by atoms with Crippen LogP contribution < -0.4 is 0 Å². The van der Waals surface area contributed by atoms with Gasteiger partial charge < -0.3 is 9.63 Å². The number of nitrogens with zero attached hydrogens (tertiary/aromatic N) is 2. The molecule has 0 aliphatic carbocycles. The van der Waals surface area contributed by atoms with Gasteiger partial charge in [-0.25, -0.2) is 0 Å². The minimum absolute atomic E-state index is 0.394. The Hall–Kier alpha value is -0.550. The van der Waals surface area contributed by atoms with Crippen molar-refractivity contribution in [2.75, 3.05) is 11.5 Å². The molecule has 0 saturated carbocycles. The lowest BCUT2D eigenvalue weighted by atomic mass is 10.1. The molecular weight excluding hydrogens is 200 g/mol. The second kappa shape index (κ2) is 4.31. The van der Waals surface area contributed by atoms with Gasteiger partial charge in [-0.1, -0.05) is 12.1 Å². The molecule has 4 nitrogen and oxygen atoms in total. The molecule has 78 valence electrons. The van der Waals surface area contributed by atoms with Crippen molar-refractivity contribution >= 4 is 11.8 Å². The molecule has 1 N–H and O–H groups in total. The molecule has 14 heavy (non-hydrogen) atoms. The second-order valence-corrected chi connectivity index (χ2v) is 4.63. The predicted octanol–water partition coefficient (Wildman–Crippen LogP) is 1.73. The van der Waals surface area contributed by atoms with E-state index in [4.69, 9.17) is 4.52 Å². The minimum atomic E-state index is -0.582. The molecule has 0 amide bonds. The molecule has 1 aliphatic rings. The van der Waals surface area contributed by atoms with Crippen LogP contribution >= 0.6 is 11.8 Å². The van der Waals surface area contributed by atoms with Crippen LogP contribution in [0.25, 0.3) is 0 Å². The van der Waals surface area contributed by atoms with Gasteiger partial charge in [0.25, 0.3) is 0 Å². The Labute approximate surface area is 87.1 Å². The van der Waals surface area contributed by atoms with Crippen LogP contribution in [-0.2, 0) is 0 Å². The SMILES string of the molecule is CCC(O)c1noc(C2CCSC2)n1. The fourth-order valence-electron chi connectivity index (χ4n) is 1.46. The van der Waals surface area contributed by atoms with Crippen molar-refractivity contribution in [3.05, 3.63) is 11.7 Å². The molecule has 1 saturated heterocycles. The molecule has 0 radical (unpaired) electrons. The van der Waals surface area contributed by atoms with E-state index in [2.05, 4.69) is 10.1 Å². The van der Waals surface area contributed by atoms with E-state index in [9.17, 15) is 5.11 Å². The highest BCUT2D eigenvalue weighted by atomic mass is 32.2. The summed E-state index contributed by atoms with van der Waals surface area (Å²) in [4.78, 5) is 4.22. The van der Waals surface area contributed by atoms with Crippen molar-refractivity contribution in [2.24, 2.45) is 0 Å². The highest BCUT2D eigenvalue weighted by molar-refractivity contribution is 7.99. The minimum Gasteiger partial charge on any atom is -0.385 e. The third-order valence-electron chi connectivity index (χ3n) is 2.42. The van der Waals surface area contributed by atoms with Gasteiger partial charge in [0.05, 0.1) is 0 Å². The van der Waals surface area contributed by atoms with E-state index in [1.54, 1.807) is 0 Å². The molecule has 0 aromatic carbocycles. The van der Waals surface area contributed by atoms with Crippen LogP contribution in [0, 0.1) is 0 Å². The Morgan fingerprint density at radius 2 is 2.57 bits per heavy atom. The number of hydrogen-bond donors (Lipinski definition) is 1. The quantitative estimate of drug-likeness (QED) is 0.830. The summed E-state index contributed by atoms with van der Waals surface area (Å²) >= 11 is 1.91. The topological polar surface area (TPSA) is 59.2 Å². The van der Waals surface area contributed by atoms with Crippen LogP contribution in [0.15, 0.2) is 4.52 Å². The average molecular weight is 214 g/mol. The summed E-state index contributed by atoms with van der Waals surface area (Å²) in [6, 6.07) is 0. The fraction of sp³-hybridized carbons (Fsp3) is 0.778. The predicted molar refractivity (Wildman–Crippen MR) is 54.2 cm³/mol. The van der Waals surface area contributed by atoms with Gasteiger partial charge in [-0.15, -0.1) is 0 Å². The van der Waals surface area contributed by atoms with Crippen LogP contribution in [0.3, 0.4) is 0 Å². The lowest BCUT2D eigenvalue weighted by molar-refractivity contribution is 0.159. The molecule has 2 unspecified atom stereocenters. The normalized spacial score (nSPS) is 24.0. The first-order valence-electron chi connectivity index (χ1n) is 4.90. The lowest BCUT2D eigenvalue weighted by Gasteiger charge is -2.00. The Morgan fingerprint density at radius 3 is 3.21 bits per heavy atom. The zero-order valence-electron chi connectivity index (χ0n) is 8.14. The van der Waals surface area contributed by atoms with E-state index in [-0.39, 0.29) is 0 Å². The molecule has 1 aromatic rings. The summed E-state index contributed by atoms with van der Waals surface area (Å²) < 4.78 is 5.14. The van der Waals surface area contributed by atoms with Crippen molar-refractivity contribution in [1.82, 2.24) is 10.1 Å². The van der Waals surface area contributed by atoms with E-state index < -0.39 is 6.10 Å². The largest absolute Gasteiger partial charge is 0.385 e. The van der Waals surface area contributed by atoms with Crippen molar-refractivity contribution in [3.8, 4) is 0 Å². The van der Waals surface area contributed by atoms with Gasteiger partial charge in [0.2, 0.25) is 5.89 Å². The first kappa shape index (κ1) is 9.98. The molecule has 2 rings (SSSR count). The zero-order valence-corrected chi connectivity index (χ0v) is 8.96. The van der Waals surface area contributed by atoms with Crippen LogP contribution in [0.5, 0.6) is 0 Å². The molecule has 1 aromatic heterocycles. The van der Waals surface area contributed by atoms with Crippen LogP contribution in [-0.4, -0.2) is 26.8 Å². The van der Waals surface area contributed by atoms with Crippen molar-refractivity contribution < 1.29 is 9.63 Å². The number of hydrogen-bond acceptors (Lipinski definition) is 5. The van der Waals surface area contributed by atoms with Gasteiger partial charge in [-0.3, -0.25) is 0 Å². The standard InChI is InChI=1S/C9H14N2O2S/c1-2-7(12)8-10-9(13-11-8)6-3-4-14-5-6/h6-7,12H,2-5H2,1H3. The van der Waals surface area contributed by atoms with Crippen LogP contribution in [0.4, 0.5) is 0 Å². The zero-order chi connectivity index (χ0) is 9.97. The van der Waals surface area contributed by atoms with E-state index in [1.165, 1.54) is 5.75 Å². The van der Waals surface area contributed by atoms with Crippen molar-refractivity contribution in [2.45, 2.75) is 31.8 Å². The molecule has 0 spiro atoms. The smallest absolute Gasteiger partial charge is 0.230 e. The Bertz CT molecular complexity index is 297. The summed E-state index contributed by atoms with van der Waals surface area (Å²) in [5, 5.41) is 13.3. The summed E-state index contributed by atoms with van der Waals surface area (Å²) in [7, 11) is 0.